The summed E-state index contributed by atoms with van der Waals surface area (Å²) in [6.07, 6.45) is -3.35. The largest absolute Gasteiger partial charge is 0.507 e. The predicted octanol–water partition coefficient (Wildman–Crippen LogP) is 5.66. The minimum absolute atomic E-state index is 0.0495. The second-order valence-electron chi connectivity index (χ2n) is 8.81. The fourth-order valence-electron chi connectivity index (χ4n) is 2.57. The maximum atomic E-state index is 13.1. The molecule has 1 aromatic heterocycles. The summed E-state index contributed by atoms with van der Waals surface area (Å²) in [4.78, 5) is 4.08. The third-order valence-electron chi connectivity index (χ3n) is 4.23. The van der Waals surface area contributed by atoms with Gasteiger partial charge in [0.2, 0.25) is 0 Å². The highest BCUT2D eigenvalue weighted by atomic mass is 19.4. The van der Waals surface area contributed by atoms with Crippen molar-refractivity contribution in [2.24, 2.45) is 0 Å². The van der Waals surface area contributed by atoms with Crippen molar-refractivity contribution in [3.8, 4) is 17.0 Å². The van der Waals surface area contributed by atoms with Crippen molar-refractivity contribution in [2.45, 2.75) is 65.2 Å². The molecule has 0 unspecified atom stereocenters. The average Bonchev–Trinajstić information content (AvgIpc) is 2.51. The molecular formula is C21H27F3N2O. The van der Waals surface area contributed by atoms with Crippen LogP contribution in [0.2, 0.25) is 0 Å². The molecule has 0 amide bonds. The maximum Gasteiger partial charge on any atom is 0.416 e. The molecule has 2 N–H and O–H groups in total. The first-order chi connectivity index (χ1) is 12.2. The van der Waals surface area contributed by atoms with E-state index < -0.39 is 11.7 Å². The Bertz CT molecular complexity index is 816. The molecule has 0 aliphatic heterocycles. The van der Waals surface area contributed by atoms with Gasteiger partial charge in [-0.2, -0.15) is 13.2 Å². The molecule has 3 nitrogen and oxygen atoms in total. The number of hydrogen-bond acceptors (Lipinski definition) is 3. The van der Waals surface area contributed by atoms with Gasteiger partial charge in [0.15, 0.2) is 0 Å². The molecule has 2 aromatic rings. The minimum atomic E-state index is -4.47. The van der Waals surface area contributed by atoms with E-state index in [1.165, 1.54) is 0 Å². The van der Waals surface area contributed by atoms with Crippen LogP contribution in [0.25, 0.3) is 11.3 Å². The third-order valence-corrected chi connectivity index (χ3v) is 4.23. The Kier molecular flexibility index (Phi) is 5.62. The summed E-state index contributed by atoms with van der Waals surface area (Å²) < 4.78 is 39.3. The summed E-state index contributed by atoms with van der Waals surface area (Å²) in [7, 11) is 0. The summed E-state index contributed by atoms with van der Waals surface area (Å²) in [5.41, 5.74) is 0.762. The van der Waals surface area contributed by atoms with Gasteiger partial charge in [-0.1, -0.05) is 26.8 Å². The number of phenolic OH excluding ortho intramolecular Hbond substituents is 1. The maximum absolute atomic E-state index is 13.1. The first-order valence-electron chi connectivity index (χ1n) is 8.83. The minimum Gasteiger partial charge on any atom is -0.507 e. The quantitative estimate of drug-likeness (QED) is 0.722. The second-order valence-corrected chi connectivity index (χ2v) is 8.81. The Morgan fingerprint density at radius 1 is 0.963 bits per heavy atom. The van der Waals surface area contributed by atoms with Gasteiger partial charge in [-0.25, -0.2) is 0 Å². The normalized spacial score (nSPS) is 13.1. The van der Waals surface area contributed by atoms with Crippen molar-refractivity contribution < 1.29 is 18.3 Å². The summed E-state index contributed by atoms with van der Waals surface area (Å²) in [5.74, 6) is -0.0495. The lowest BCUT2D eigenvalue weighted by atomic mass is 9.84. The molecule has 0 spiro atoms. The van der Waals surface area contributed by atoms with Crippen LogP contribution in [0.1, 0.15) is 58.2 Å². The van der Waals surface area contributed by atoms with Gasteiger partial charge in [-0.3, -0.25) is 4.98 Å². The summed E-state index contributed by atoms with van der Waals surface area (Å²) in [6, 6.07) is 5.52. The molecule has 0 atom stereocenters. The van der Waals surface area contributed by atoms with Gasteiger partial charge in [0.25, 0.3) is 0 Å². The molecule has 0 radical (unpaired) electrons. The van der Waals surface area contributed by atoms with E-state index >= 15 is 0 Å². The Morgan fingerprint density at radius 3 is 2.11 bits per heavy atom. The summed E-state index contributed by atoms with van der Waals surface area (Å²) in [6.45, 7) is 12.5. The van der Waals surface area contributed by atoms with Crippen LogP contribution in [-0.4, -0.2) is 15.6 Å². The number of alkyl halides is 3. The Balaban J connectivity index is 2.62. The number of halogens is 3. The molecule has 0 bridgehead atoms. The van der Waals surface area contributed by atoms with E-state index in [-0.39, 0.29) is 22.4 Å². The molecule has 1 heterocycles. The van der Waals surface area contributed by atoms with Crippen molar-refractivity contribution >= 4 is 0 Å². The van der Waals surface area contributed by atoms with Crippen LogP contribution in [-0.2, 0) is 18.1 Å². The first-order valence-corrected chi connectivity index (χ1v) is 8.83. The van der Waals surface area contributed by atoms with Crippen LogP contribution in [0.3, 0.4) is 0 Å². The highest BCUT2D eigenvalue weighted by molar-refractivity contribution is 5.71. The van der Waals surface area contributed by atoms with Crippen molar-refractivity contribution in [1.29, 1.82) is 0 Å². The zero-order valence-electron chi connectivity index (χ0n) is 16.6. The number of aromatic hydroxyl groups is 1. The fraction of sp³-hybridized carbons (Fsp3) is 0.476. The highest BCUT2D eigenvalue weighted by Crippen LogP contribution is 2.38. The molecule has 148 valence electrons. The number of nitrogens with zero attached hydrogens (tertiary/aromatic N) is 1. The molecule has 0 aliphatic rings. The molecule has 0 saturated heterocycles. The van der Waals surface area contributed by atoms with Crippen LogP contribution in [0.4, 0.5) is 13.2 Å². The van der Waals surface area contributed by atoms with E-state index in [0.717, 1.165) is 23.9 Å². The van der Waals surface area contributed by atoms with Crippen molar-refractivity contribution in [3.05, 3.63) is 47.2 Å². The number of hydrogen-bond donors (Lipinski definition) is 2. The smallest absolute Gasteiger partial charge is 0.416 e. The third kappa shape index (κ3) is 5.45. The molecule has 0 fully saturated rings. The zero-order chi connectivity index (χ0) is 20.6. The van der Waals surface area contributed by atoms with E-state index in [4.69, 9.17) is 0 Å². The van der Waals surface area contributed by atoms with Crippen LogP contribution >= 0.6 is 0 Å². The van der Waals surface area contributed by atoms with Gasteiger partial charge in [0.1, 0.15) is 5.75 Å². The van der Waals surface area contributed by atoms with Crippen LogP contribution in [0, 0.1) is 0 Å². The fourth-order valence-corrected chi connectivity index (χ4v) is 2.57. The van der Waals surface area contributed by atoms with E-state index in [2.05, 4.69) is 10.3 Å². The van der Waals surface area contributed by atoms with Crippen molar-refractivity contribution in [3.63, 3.8) is 0 Å². The number of phenols is 1. The van der Waals surface area contributed by atoms with Gasteiger partial charge < -0.3 is 10.4 Å². The van der Waals surface area contributed by atoms with Gasteiger partial charge in [-0.05, 0) is 49.9 Å². The Morgan fingerprint density at radius 2 is 1.59 bits per heavy atom. The summed E-state index contributed by atoms with van der Waals surface area (Å²) in [5, 5.41) is 14.1. The molecular weight excluding hydrogens is 353 g/mol. The van der Waals surface area contributed by atoms with E-state index in [1.807, 2.05) is 47.6 Å². The second kappa shape index (κ2) is 7.15. The van der Waals surface area contributed by atoms with Crippen molar-refractivity contribution in [2.75, 3.05) is 0 Å². The molecule has 27 heavy (non-hydrogen) atoms. The highest BCUT2D eigenvalue weighted by Gasteiger charge is 2.31. The van der Waals surface area contributed by atoms with Crippen molar-refractivity contribution in [1.82, 2.24) is 10.3 Å². The topological polar surface area (TPSA) is 45.2 Å². The van der Waals surface area contributed by atoms with Crippen LogP contribution < -0.4 is 5.32 Å². The molecule has 1 aromatic carbocycles. The Labute approximate surface area is 158 Å². The van der Waals surface area contributed by atoms with E-state index in [9.17, 15) is 18.3 Å². The zero-order valence-corrected chi connectivity index (χ0v) is 16.6. The monoisotopic (exact) mass is 380 g/mol. The molecule has 2 rings (SSSR count). The number of pyridine rings is 1. The average molecular weight is 380 g/mol. The summed E-state index contributed by atoms with van der Waals surface area (Å²) >= 11 is 0. The molecule has 6 heteroatoms. The number of benzene rings is 1. The van der Waals surface area contributed by atoms with Crippen LogP contribution in [0.15, 0.2) is 30.5 Å². The lowest BCUT2D eigenvalue weighted by Gasteiger charge is -2.25. The molecule has 0 saturated carbocycles. The Hall–Kier alpha value is -2.08. The first kappa shape index (κ1) is 21.2. The van der Waals surface area contributed by atoms with Gasteiger partial charge >= 0.3 is 6.18 Å². The standard InChI is InChI=1S/C21H27F3N2O/c1-19(2,3)15-9-13(12-26-20(4,5)6)18(27)16(10-15)17-11-14(7-8-25-17)21(22,23)24/h7-11,26-27H,12H2,1-6H3. The van der Waals surface area contributed by atoms with Gasteiger partial charge in [0, 0.05) is 29.4 Å². The number of nitrogens with one attached hydrogen (secondary N) is 1. The van der Waals surface area contributed by atoms with E-state index in [1.54, 1.807) is 6.07 Å². The number of aromatic nitrogens is 1. The van der Waals surface area contributed by atoms with Gasteiger partial charge in [-0.15, -0.1) is 0 Å². The molecule has 0 aliphatic carbocycles. The number of rotatable bonds is 3. The van der Waals surface area contributed by atoms with E-state index in [0.29, 0.717) is 17.7 Å². The van der Waals surface area contributed by atoms with Crippen LogP contribution in [0.5, 0.6) is 5.75 Å². The lowest BCUT2D eigenvalue weighted by Crippen LogP contribution is -2.35. The lowest BCUT2D eigenvalue weighted by molar-refractivity contribution is -0.137. The predicted molar refractivity (Wildman–Crippen MR) is 102 cm³/mol. The SMILES string of the molecule is CC(C)(C)NCc1cc(C(C)(C)C)cc(-c2cc(C(F)(F)F)ccn2)c1O. The van der Waals surface area contributed by atoms with Gasteiger partial charge in [0.05, 0.1) is 11.3 Å².